The number of carboxylic acid groups (broad SMARTS) is 1. The summed E-state index contributed by atoms with van der Waals surface area (Å²) in [6.07, 6.45) is 3.66. The van der Waals surface area contributed by atoms with E-state index in [4.69, 9.17) is 9.63 Å². The number of rotatable bonds is 8. The number of hydrogen-bond donors (Lipinski definition) is 1. The summed E-state index contributed by atoms with van der Waals surface area (Å²) in [4.78, 5) is 24.1. The maximum Gasteiger partial charge on any atom is 0.303 e. The molecule has 0 aliphatic carbocycles. The van der Waals surface area contributed by atoms with E-state index in [1.54, 1.807) is 4.90 Å². The number of carboxylic acids is 1. The van der Waals surface area contributed by atoms with Gasteiger partial charge in [0.25, 0.3) is 5.91 Å². The molecule has 6 nitrogen and oxygen atoms in total. The van der Waals surface area contributed by atoms with Crippen molar-refractivity contribution in [1.82, 2.24) is 10.1 Å². The number of nitrogens with zero attached hydrogens (tertiary/aromatic N) is 2. The minimum absolute atomic E-state index is 0.135. The van der Waals surface area contributed by atoms with Crippen LogP contribution >= 0.6 is 0 Å². The van der Waals surface area contributed by atoms with Crippen LogP contribution in [0.25, 0.3) is 0 Å². The highest BCUT2D eigenvalue weighted by molar-refractivity contribution is 5.91. The van der Waals surface area contributed by atoms with Crippen LogP contribution in [0, 0.1) is 0 Å². The van der Waals surface area contributed by atoms with Crippen LogP contribution in [-0.2, 0) is 4.79 Å². The Morgan fingerprint density at radius 1 is 1.39 bits per heavy atom. The fourth-order valence-electron chi connectivity index (χ4n) is 1.65. The second-order valence-corrected chi connectivity index (χ2v) is 4.02. The Morgan fingerprint density at radius 3 is 2.72 bits per heavy atom. The minimum atomic E-state index is -0.807. The van der Waals surface area contributed by atoms with Crippen molar-refractivity contribution in [2.24, 2.45) is 0 Å². The van der Waals surface area contributed by atoms with Crippen molar-refractivity contribution in [2.45, 2.75) is 32.6 Å². The van der Waals surface area contributed by atoms with Gasteiger partial charge in [0.2, 0.25) is 5.76 Å². The predicted molar refractivity (Wildman–Crippen MR) is 64.2 cm³/mol. The van der Waals surface area contributed by atoms with Gasteiger partial charge >= 0.3 is 5.97 Å². The molecule has 0 aliphatic rings. The molecule has 0 spiro atoms. The van der Waals surface area contributed by atoms with Gasteiger partial charge in [-0.25, -0.2) is 0 Å². The summed E-state index contributed by atoms with van der Waals surface area (Å²) < 4.78 is 4.83. The third-order valence-electron chi connectivity index (χ3n) is 2.50. The zero-order valence-electron chi connectivity index (χ0n) is 10.5. The van der Waals surface area contributed by atoms with E-state index in [1.165, 1.54) is 12.3 Å². The first-order valence-electron chi connectivity index (χ1n) is 6.07. The molecule has 0 unspecified atom stereocenters. The van der Waals surface area contributed by atoms with Crippen LogP contribution in [-0.4, -0.2) is 40.1 Å². The Bertz CT molecular complexity index is 375. The topological polar surface area (TPSA) is 83.6 Å². The first kappa shape index (κ1) is 14.2. The summed E-state index contributed by atoms with van der Waals surface area (Å²) in [6.45, 7) is 3.16. The lowest BCUT2D eigenvalue weighted by molar-refractivity contribution is -0.137. The SMILES string of the molecule is CCCN(CCCCC(=O)O)C(=O)c1ccno1. The molecule has 1 rings (SSSR count). The van der Waals surface area contributed by atoms with Gasteiger partial charge < -0.3 is 14.5 Å². The molecule has 1 aromatic rings. The van der Waals surface area contributed by atoms with Crippen molar-refractivity contribution in [3.63, 3.8) is 0 Å². The van der Waals surface area contributed by atoms with Crippen LogP contribution < -0.4 is 0 Å². The summed E-state index contributed by atoms with van der Waals surface area (Å²) >= 11 is 0. The van der Waals surface area contributed by atoms with Crippen molar-refractivity contribution < 1.29 is 19.2 Å². The van der Waals surface area contributed by atoms with Crippen molar-refractivity contribution in [3.05, 3.63) is 18.0 Å². The largest absolute Gasteiger partial charge is 0.481 e. The molecule has 6 heteroatoms. The monoisotopic (exact) mass is 254 g/mol. The summed E-state index contributed by atoms with van der Waals surface area (Å²) in [5.41, 5.74) is 0. The molecule has 0 aliphatic heterocycles. The molecular weight excluding hydrogens is 236 g/mol. The second-order valence-electron chi connectivity index (χ2n) is 4.02. The van der Waals surface area contributed by atoms with Crippen LogP contribution in [0.3, 0.4) is 0 Å². The van der Waals surface area contributed by atoms with Crippen LogP contribution in [0.1, 0.15) is 43.2 Å². The number of unbranched alkanes of at least 4 members (excludes halogenated alkanes) is 1. The van der Waals surface area contributed by atoms with Gasteiger partial charge in [0.1, 0.15) is 0 Å². The lowest BCUT2D eigenvalue weighted by Crippen LogP contribution is -2.32. The highest BCUT2D eigenvalue weighted by atomic mass is 16.5. The van der Waals surface area contributed by atoms with Crippen molar-refractivity contribution in [2.75, 3.05) is 13.1 Å². The van der Waals surface area contributed by atoms with E-state index in [0.29, 0.717) is 25.9 Å². The number of carbonyl (C=O) groups excluding carboxylic acids is 1. The van der Waals surface area contributed by atoms with Crippen LogP contribution in [0.5, 0.6) is 0 Å². The van der Waals surface area contributed by atoms with Crippen LogP contribution in [0.4, 0.5) is 0 Å². The maximum absolute atomic E-state index is 12.0. The molecule has 1 amide bonds. The summed E-state index contributed by atoms with van der Waals surface area (Å²) in [5.74, 6) is -0.773. The molecule has 0 saturated carbocycles. The molecule has 18 heavy (non-hydrogen) atoms. The molecule has 1 N–H and O–H groups in total. The third kappa shape index (κ3) is 4.57. The highest BCUT2D eigenvalue weighted by Gasteiger charge is 2.17. The summed E-state index contributed by atoms with van der Waals surface area (Å²) in [7, 11) is 0. The lowest BCUT2D eigenvalue weighted by Gasteiger charge is -2.20. The first-order valence-corrected chi connectivity index (χ1v) is 6.07. The van der Waals surface area contributed by atoms with E-state index in [1.807, 2.05) is 6.92 Å². The van der Waals surface area contributed by atoms with Gasteiger partial charge in [0, 0.05) is 25.6 Å². The Hall–Kier alpha value is -1.85. The zero-order valence-corrected chi connectivity index (χ0v) is 10.5. The number of hydrogen-bond acceptors (Lipinski definition) is 4. The molecule has 0 radical (unpaired) electrons. The zero-order chi connectivity index (χ0) is 13.4. The van der Waals surface area contributed by atoms with Crippen molar-refractivity contribution in [1.29, 1.82) is 0 Å². The summed E-state index contributed by atoms with van der Waals surface area (Å²) in [5, 5.41) is 12.0. The van der Waals surface area contributed by atoms with E-state index < -0.39 is 5.97 Å². The Morgan fingerprint density at radius 2 is 2.17 bits per heavy atom. The molecule has 0 fully saturated rings. The average molecular weight is 254 g/mol. The molecule has 0 saturated heterocycles. The quantitative estimate of drug-likeness (QED) is 0.715. The van der Waals surface area contributed by atoms with Gasteiger partial charge in [-0.2, -0.15) is 0 Å². The molecule has 100 valence electrons. The number of amides is 1. The minimum Gasteiger partial charge on any atom is -0.481 e. The van der Waals surface area contributed by atoms with E-state index in [9.17, 15) is 9.59 Å². The van der Waals surface area contributed by atoms with Gasteiger partial charge in [0.05, 0.1) is 6.20 Å². The predicted octanol–water partition coefficient (Wildman–Crippen LogP) is 1.78. The smallest absolute Gasteiger partial charge is 0.303 e. The maximum atomic E-state index is 12.0. The number of carbonyl (C=O) groups is 2. The molecule has 1 heterocycles. The lowest BCUT2D eigenvalue weighted by atomic mass is 10.2. The van der Waals surface area contributed by atoms with E-state index in [-0.39, 0.29) is 18.1 Å². The Kier molecular flexibility index (Phi) is 5.90. The number of aliphatic carboxylic acids is 1. The fourth-order valence-corrected chi connectivity index (χ4v) is 1.65. The van der Waals surface area contributed by atoms with Gasteiger partial charge in [-0.1, -0.05) is 12.1 Å². The molecule has 1 aromatic heterocycles. The molecule has 0 bridgehead atoms. The molecule has 0 aromatic carbocycles. The summed E-state index contributed by atoms with van der Waals surface area (Å²) in [6, 6.07) is 1.53. The van der Waals surface area contributed by atoms with Crippen molar-refractivity contribution >= 4 is 11.9 Å². The first-order chi connectivity index (χ1) is 8.65. The van der Waals surface area contributed by atoms with E-state index in [2.05, 4.69) is 5.16 Å². The van der Waals surface area contributed by atoms with Gasteiger partial charge in [-0.3, -0.25) is 9.59 Å². The Labute approximate surface area is 106 Å². The fraction of sp³-hybridized carbons (Fsp3) is 0.583. The van der Waals surface area contributed by atoms with E-state index in [0.717, 1.165) is 6.42 Å². The average Bonchev–Trinajstić information content (AvgIpc) is 2.85. The Balaban J connectivity index is 2.44. The van der Waals surface area contributed by atoms with Gasteiger partial charge in [-0.05, 0) is 19.3 Å². The third-order valence-corrected chi connectivity index (χ3v) is 2.50. The van der Waals surface area contributed by atoms with E-state index >= 15 is 0 Å². The number of aromatic nitrogens is 1. The van der Waals surface area contributed by atoms with Gasteiger partial charge in [-0.15, -0.1) is 0 Å². The van der Waals surface area contributed by atoms with Crippen LogP contribution in [0.2, 0.25) is 0 Å². The van der Waals surface area contributed by atoms with Gasteiger partial charge in [0.15, 0.2) is 0 Å². The molecule has 0 atom stereocenters. The normalized spacial score (nSPS) is 10.3. The van der Waals surface area contributed by atoms with Crippen molar-refractivity contribution in [3.8, 4) is 0 Å². The highest BCUT2D eigenvalue weighted by Crippen LogP contribution is 2.07. The van der Waals surface area contributed by atoms with Crippen LogP contribution in [0.15, 0.2) is 16.8 Å². The second kappa shape index (κ2) is 7.47. The standard InChI is InChI=1S/C12H18N2O4/c1-2-8-14(9-4-3-5-11(15)16)12(17)10-6-7-13-18-10/h6-7H,2-5,8-9H2,1H3,(H,15,16). The molecular formula is C12H18N2O4.